The Morgan fingerprint density at radius 3 is 2.15 bits per heavy atom. The van der Waals surface area contributed by atoms with E-state index in [1.807, 2.05) is 36.9 Å². The summed E-state index contributed by atoms with van der Waals surface area (Å²) in [5.41, 5.74) is 7.69. The highest BCUT2D eigenvalue weighted by molar-refractivity contribution is 5.95. The maximum atomic E-state index is 12.1. The van der Waals surface area contributed by atoms with Crippen LogP contribution in [-0.2, 0) is 11.3 Å². The summed E-state index contributed by atoms with van der Waals surface area (Å²) in [5, 5.41) is 0. The van der Waals surface area contributed by atoms with Crippen molar-refractivity contribution in [1.82, 2.24) is 15.8 Å². The largest absolute Gasteiger partial charge is 0.378 e. The minimum absolute atomic E-state index is 0.209. The van der Waals surface area contributed by atoms with Gasteiger partial charge in [-0.2, -0.15) is 0 Å². The lowest BCUT2D eigenvalue weighted by molar-refractivity contribution is -0.123. The van der Waals surface area contributed by atoms with Gasteiger partial charge < -0.3 is 4.90 Å². The highest BCUT2D eigenvalue weighted by atomic mass is 16.2. The maximum absolute atomic E-state index is 12.1. The van der Waals surface area contributed by atoms with Crippen molar-refractivity contribution in [2.24, 2.45) is 0 Å². The monoisotopic (exact) mass is 354 g/mol. The molecule has 2 N–H and O–H groups in total. The Morgan fingerprint density at radius 2 is 1.58 bits per heavy atom. The molecule has 2 rings (SSSR count). The molecule has 0 radical (unpaired) electrons. The van der Waals surface area contributed by atoms with E-state index in [1.54, 1.807) is 24.3 Å². The van der Waals surface area contributed by atoms with Crippen LogP contribution in [0, 0.1) is 0 Å². The van der Waals surface area contributed by atoms with Crippen LogP contribution >= 0.6 is 0 Å². The third kappa shape index (κ3) is 5.89. The number of carbonyl (C=O) groups excluding carboxylic acids is 2. The van der Waals surface area contributed by atoms with Crippen LogP contribution in [-0.4, -0.2) is 43.9 Å². The molecule has 2 aromatic carbocycles. The molecule has 26 heavy (non-hydrogen) atoms. The maximum Gasteiger partial charge on any atom is 0.269 e. The Morgan fingerprint density at radius 1 is 0.923 bits per heavy atom. The first kappa shape index (κ1) is 19.5. The van der Waals surface area contributed by atoms with Crippen LogP contribution < -0.4 is 15.8 Å². The number of nitrogens with one attached hydrogen (secondary N) is 2. The van der Waals surface area contributed by atoms with Gasteiger partial charge in [-0.1, -0.05) is 37.3 Å². The van der Waals surface area contributed by atoms with Gasteiger partial charge in [0, 0.05) is 31.9 Å². The lowest BCUT2D eigenvalue weighted by Crippen LogP contribution is -2.46. The van der Waals surface area contributed by atoms with Gasteiger partial charge in [-0.25, -0.2) is 0 Å². The number of amides is 2. The molecule has 0 aliphatic heterocycles. The number of rotatable bonds is 7. The average Bonchev–Trinajstić information content (AvgIpc) is 2.66. The lowest BCUT2D eigenvalue weighted by Gasteiger charge is -2.20. The van der Waals surface area contributed by atoms with Crippen molar-refractivity contribution in [2.45, 2.75) is 13.5 Å². The fourth-order valence-corrected chi connectivity index (χ4v) is 2.47. The summed E-state index contributed by atoms with van der Waals surface area (Å²) in [6.45, 7) is 3.62. The van der Waals surface area contributed by atoms with E-state index in [2.05, 4.69) is 35.1 Å². The first-order valence-electron chi connectivity index (χ1n) is 8.62. The zero-order valence-electron chi connectivity index (χ0n) is 15.5. The van der Waals surface area contributed by atoms with Gasteiger partial charge in [-0.05, 0) is 36.4 Å². The first-order valence-corrected chi connectivity index (χ1v) is 8.62. The Balaban J connectivity index is 1.83. The summed E-state index contributed by atoms with van der Waals surface area (Å²) >= 11 is 0. The highest BCUT2D eigenvalue weighted by Gasteiger charge is 2.11. The van der Waals surface area contributed by atoms with Gasteiger partial charge in [0.25, 0.3) is 11.8 Å². The van der Waals surface area contributed by atoms with E-state index in [0.717, 1.165) is 17.8 Å². The molecular weight excluding hydrogens is 328 g/mol. The van der Waals surface area contributed by atoms with Crippen molar-refractivity contribution in [3.8, 4) is 0 Å². The van der Waals surface area contributed by atoms with Crippen LogP contribution in [0.15, 0.2) is 54.6 Å². The fraction of sp³-hybridized carbons (Fsp3) is 0.300. The second-order valence-electron chi connectivity index (χ2n) is 6.23. The molecule has 2 aromatic rings. The zero-order chi connectivity index (χ0) is 18.9. The second-order valence-corrected chi connectivity index (χ2v) is 6.23. The summed E-state index contributed by atoms with van der Waals surface area (Å²) in [6.07, 6.45) is 0. The van der Waals surface area contributed by atoms with Crippen molar-refractivity contribution in [3.63, 3.8) is 0 Å². The predicted octanol–water partition coefficient (Wildman–Crippen LogP) is 2.04. The Bertz CT molecular complexity index is 714. The van der Waals surface area contributed by atoms with Crippen molar-refractivity contribution in [1.29, 1.82) is 0 Å². The number of anilines is 1. The molecule has 6 nitrogen and oxygen atoms in total. The van der Waals surface area contributed by atoms with Gasteiger partial charge in [0.2, 0.25) is 0 Å². The summed E-state index contributed by atoms with van der Waals surface area (Å²) in [6, 6.07) is 17.0. The van der Waals surface area contributed by atoms with Crippen LogP contribution in [0.5, 0.6) is 0 Å². The van der Waals surface area contributed by atoms with Crippen LogP contribution in [0.2, 0.25) is 0 Å². The molecule has 0 saturated carbocycles. The summed E-state index contributed by atoms with van der Waals surface area (Å²) in [7, 11) is 4.00. The van der Waals surface area contributed by atoms with E-state index >= 15 is 0 Å². The predicted molar refractivity (Wildman–Crippen MR) is 104 cm³/mol. The number of hydrazine groups is 1. The molecular formula is C20H26N4O2. The van der Waals surface area contributed by atoms with E-state index in [0.29, 0.717) is 12.1 Å². The first-order chi connectivity index (χ1) is 12.5. The third-order valence-electron chi connectivity index (χ3n) is 4.02. The van der Waals surface area contributed by atoms with Crippen molar-refractivity contribution >= 4 is 17.5 Å². The molecule has 0 unspecified atom stereocenters. The van der Waals surface area contributed by atoms with Crippen LogP contribution in [0.25, 0.3) is 0 Å². The minimum atomic E-state index is -0.332. The quantitative estimate of drug-likeness (QED) is 0.747. The van der Waals surface area contributed by atoms with Crippen LogP contribution in [0.3, 0.4) is 0 Å². The van der Waals surface area contributed by atoms with E-state index in [-0.39, 0.29) is 18.4 Å². The number of carbonyl (C=O) groups is 2. The molecule has 0 atom stereocenters. The average molecular weight is 354 g/mol. The van der Waals surface area contributed by atoms with E-state index in [4.69, 9.17) is 0 Å². The van der Waals surface area contributed by atoms with Crippen LogP contribution in [0.4, 0.5) is 5.69 Å². The topological polar surface area (TPSA) is 64.7 Å². The summed E-state index contributed by atoms with van der Waals surface area (Å²) < 4.78 is 0. The number of benzene rings is 2. The standard InChI is InChI=1S/C20H26N4O2/c1-4-24(14-16-10-12-18(13-11-16)23(2)3)15-19(25)21-22-20(26)17-8-6-5-7-9-17/h5-13H,4,14-15H2,1-3H3,(H,21,25)(H,22,26). The SMILES string of the molecule is CCN(CC(=O)NNC(=O)c1ccccc1)Cc1ccc(N(C)C)cc1. The fourth-order valence-electron chi connectivity index (χ4n) is 2.47. The van der Waals surface area contributed by atoms with Crippen molar-refractivity contribution in [3.05, 3.63) is 65.7 Å². The molecule has 0 bridgehead atoms. The molecule has 0 saturated heterocycles. The molecule has 6 heteroatoms. The molecule has 0 aliphatic rings. The van der Waals surface area contributed by atoms with E-state index < -0.39 is 0 Å². The van der Waals surface area contributed by atoms with Crippen molar-refractivity contribution < 1.29 is 9.59 Å². The van der Waals surface area contributed by atoms with Gasteiger partial charge in [0.15, 0.2) is 0 Å². The summed E-state index contributed by atoms with van der Waals surface area (Å²) in [4.78, 5) is 28.1. The smallest absolute Gasteiger partial charge is 0.269 e. The van der Waals surface area contributed by atoms with E-state index in [1.165, 1.54) is 0 Å². The Hall–Kier alpha value is -2.86. The molecule has 0 aromatic heterocycles. The molecule has 0 aliphatic carbocycles. The van der Waals surface area contributed by atoms with Gasteiger partial charge in [-0.3, -0.25) is 25.3 Å². The zero-order valence-corrected chi connectivity index (χ0v) is 15.5. The lowest BCUT2D eigenvalue weighted by atomic mass is 10.2. The number of nitrogens with zero attached hydrogens (tertiary/aromatic N) is 2. The number of likely N-dealkylation sites (N-methyl/N-ethyl adjacent to an activating group) is 1. The molecule has 0 heterocycles. The van der Waals surface area contributed by atoms with E-state index in [9.17, 15) is 9.59 Å². The van der Waals surface area contributed by atoms with Gasteiger partial charge in [0.1, 0.15) is 0 Å². The summed E-state index contributed by atoms with van der Waals surface area (Å²) in [5.74, 6) is -0.581. The number of hydrogen-bond donors (Lipinski definition) is 2. The van der Waals surface area contributed by atoms with Gasteiger partial charge in [-0.15, -0.1) is 0 Å². The third-order valence-corrected chi connectivity index (χ3v) is 4.02. The number of hydrogen-bond acceptors (Lipinski definition) is 4. The minimum Gasteiger partial charge on any atom is -0.378 e. The molecule has 0 fully saturated rings. The normalized spacial score (nSPS) is 10.5. The Kier molecular flexibility index (Phi) is 7.17. The highest BCUT2D eigenvalue weighted by Crippen LogP contribution is 2.13. The van der Waals surface area contributed by atoms with Crippen LogP contribution in [0.1, 0.15) is 22.8 Å². The Labute approximate surface area is 154 Å². The molecule has 2 amide bonds. The molecule has 0 spiro atoms. The molecule has 138 valence electrons. The second kappa shape index (κ2) is 9.58. The van der Waals surface area contributed by atoms with Gasteiger partial charge in [0.05, 0.1) is 6.54 Å². The van der Waals surface area contributed by atoms with Gasteiger partial charge >= 0.3 is 0 Å². The van der Waals surface area contributed by atoms with Crippen molar-refractivity contribution in [2.75, 3.05) is 32.1 Å².